The van der Waals surface area contributed by atoms with Crippen molar-refractivity contribution in [3.63, 3.8) is 0 Å². The van der Waals surface area contributed by atoms with Crippen molar-refractivity contribution < 1.29 is 17.6 Å². The van der Waals surface area contributed by atoms with Gasteiger partial charge in [-0.1, -0.05) is 18.6 Å². The molecule has 0 aromatic heterocycles. The minimum Gasteiger partial charge on any atom is -0.340 e. The van der Waals surface area contributed by atoms with Gasteiger partial charge in [0.15, 0.2) is 0 Å². The second-order valence-corrected chi connectivity index (χ2v) is 9.76. The van der Waals surface area contributed by atoms with E-state index in [9.17, 15) is 17.6 Å². The third-order valence-corrected chi connectivity index (χ3v) is 8.30. The van der Waals surface area contributed by atoms with E-state index in [-0.39, 0.29) is 23.9 Å². The fourth-order valence-corrected chi connectivity index (χ4v) is 6.44. The normalized spacial score (nSPS) is 29.3. The monoisotopic (exact) mass is 380 g/mol. The molecule has 0 radical (unpaired) electrons. The zero-order valence-electron chi connectivity index (χ0n) is 14.8. The van der Waals surface area contributed by atoms with Crippen LogP contribution in [0.3, 0.4) is 0 Å². The van der Waals surface area contributed by atoms with Gasteiger partial charge in [-0.2, -0.15) is 4.31 Å². The van der Waals surface area contributed by atoms with Gasteiger partial charge in [0.05, 0.1) is 0 Å². The summed E-state index contributed by atoms with van der Waals surface area (Å²) >= 11 is 0. The van der Waals surface area contributed by atoms with E-state index in [0.717, 1.165) is 12.0 Å². The Morgan fingerprint density at radius 1 is 1.08 bits per heavy atom. The number of fused-ring (bicyclic) bond motifs is 2. The van der Waals surface area contributed by atoms with Crippen molar-refractivity contribution in [3.8, 4) is 0 Å². The van der Waals surface area contributed by atoms with E-state index < -0.39 is 15.8 Å². The number of hydrogen-bond acceptors (Lipinski definition) is 3. The number of benzene rings is 1. The van der Waals surface area contributed by atoms with Crippen molar-refractivity contribution in [1.29, 1.82) is 0 Å². The molecule has 1 heterocycles. The molecular weight excluding hydrogens is 355 g/mol. The third kappa shape index (κ3) is 3.27. The Morgan fingerprint density at radius 3 is 2.42 bits per heavy atom. The highest BCUT2D eigenvalue weighted by Crippen LogP contribution is 2.49. The summed E-state index contributed by atoms with van der Waals surface area (Å²) in [5.74, 6) is 1.46. The molecule has 1 saturated heterocycles. The standard InChI is InChI=1S/C19H25FN2O3S/c20-17-3-1-2-4-18(17)26(24,25)22-9-7-21(8-10-22)19(23)13-16-12-14-5-6-15(16)11-14/h1-4,14-16H,5-13H2/t14-,15-,16+/m0/s1. The molecule has 1 aromatic carbocycles. The predicted molar refractivity (Wildman–Crippen MR) is 95.3 cm³/mol. The third-order valence-electron chi connectivity index (χ3n) is 6.37. The SMILES string of the molecule is O=C(C[C@H]1C[C@H]2CC[C@H]1C2)N1CCN(S(=O)(=O)c2ccccc2F)CC1. The van der Waals surface area contributed by atoms with Gasteiger partial charge >= 0.3 is 0 Å². The van der Waals surface area contributed by atoms with E-state index in [2.05, 4.69) is 0 Å². The lowest BCUT2D eigenvalue weighted by molar-refractivity contribution is -0.133. The summed E-state index contributed by atoms with van der Waals surface area (Å²) in [4.78, 5) is 14.1. The fraction of sp³-hybridized carbons (Fsp3) is 0.632. The Balaban J connectivity index is 1.35. The van der Waals surface area contributed by atoms with Crippen LogP contribution in [0, 0.1) is 23.6 Å². The molecule has 5 nitrogen and oxygen atoms in total. The van der Waals surface area contributed by atoms with Crippen molar-refractivity contribution in [3.05, 3.63) is 30.1 Å². The molecule has 1 aliphatic heterocycles. The van der Waals surface area contributed by atoms with Gasteiger partial charge in [-0.25, -0.2) is 12.8 Å². The van der Waals surface area contributed by atoms with Crippen LogP contribution in [-0.4, -0.2) is 49.7 Å². The summed E-state index contributed by atoms with van der Waals surface area (Å²) in [7, 11) is -3.85. The summed E-state index contributed by atoms with van der Waals surface area (Å²) < 4.78 is 40.4. The van der Waals surface area contributed by atoms with Gasteiger partial charge in [0.25, 0.3) is 0 Å². The number of rotatable bonds is 4. The highest BCUT2D eigenvalue weighted by molar-refractivity contribution is 7.89. The molecule has 4 rings (SSSR count). The van der Waals surface area contributed by atoms with Crippen LogP contribution in [0.5, 0.6) is 0 Å². The van der Waals surface area contributed by atoms with E-state index in [4.69, 9.17) is 0 Å². The van der Waals surface area contributed by atoms with Crippen LogP contribution in [0.2, 0.25) is 0 Å². The van der Waals surface area contributed by atoms with E-state index in [1.165, 1.54) is 48.2 Å². The number of sulfonamides is 1. The van der Waals surface area contributed by atoms with Gasteiger partial charge < -0.3 is 4.90 Å². The molecule has 2 bridgehead atoms. The topological polar surface area (TPSA) is 57.7 Å². The molecular formula is C19H25FN2O3S. The molecule has 3 aliphatic rings. The highest BCUT2D eigenvalue weighted by atomic mass is 32.2. The molecule has 3 atom stereocenters. The number of hydrogen-bond donors (Lipinski definition) is 0. The molecule has 1 amide bonds. The molecule has 26 heavy (non-hydrogen) atoms. The first-order valence-electron chi connectivity index (χ1n) is 9.47. The molecule has 1 aromatic rings. The van der Waals surface area contributed by atoms with Crippen LogP contribution in [0.1, 0.15) is 32.1 Å². The average molecular weight is 380 g/mol. The van der Waals surface area contributed by atoms with Gasteiger partial charge in [-0.3, -0.25) is 4.79 Å². The highest BCUT2D eigenvalue weighted by Gasteiger charge is 2.41. The van der Waals surface area contributed by atoms with Gasteiger partial charge in [0, 0.05) is 32.6 Å². The van der Waals surface area contributed by atoms with Crippen molar-refractivity contribution in [1.82, 2.24) is 9.21 Å². The lowest BCUT2D eigenvalue weighted by Gasteiger charge is -2.35. The maximum Gasteiger partial charge on any atom is 0.246 e. The van der Waals surface area contributed by atoms with E-state index in [1.54, 1.807) is 4.90 Å². The number of amides is 1. The zero-order chi connectivity index (χ0) is 18.3. The van der Waals surface area contributed by atoms with Gasteiger partial charge in [0.2, 0.25) is 15.9 Å². The predicted octanol–water partition coefficient (Wildman–Crippen LogP) is 2.48. The second-order valence-electron chi connectivity index (χ2n) is 7.85. The van der Waals surface area contributed by atoms with Crippen molar-refractivity contribution in [2.45, 2.75) is 37.0 Å². The second kappa shape index (κ2) is 6.93. The van der Waals surface area contributed by atoms with Crippen molar-refractivity contribution >= 4 is 15.9 Å². The first kappa shape index (κ1) is 17.9. The lowest BCUT2D eigenvalue weighted by Crippen LogP contribution is -2.50. The van der Waals surface area contributed by atoms with Crippen molar-refractivity contribution in [2.75, 3.05) is 26.2 Å². The number of halogens is 1. The Labute approximate surface area is 154 Å². The summed E-state index contributed by atoms with van der Waals surface area (Å²) in [6, 6.07) is 5.44. The van der Waals surface area contributed by atoms with Crippen molar-refractivity contribution in [2.24, 2.45) is 17.8 Å². The van der Waals surface area contributed by atoms with E-state index in [0.29, 0.717) is 31.3 Å². The Bertz CT molecular complexity index is 790. The summed E-state index contributed by atoms with van der Waals surface area (Å²) in [5.41, 5.74) is 0. The minimum atomic E-state index is -3.85. The molecule has 3 fully saturated rings. The summed E-state index contributed by atoms with van der Waals surface area (Å²) in [6.45, 7) is 1.21. The maximum atomic E-state index is 13.9. The quantitative estimate of drug-likeness (QED) is 0.806. The largest absolute Gasteiger partial charge is 0.340 e. The fourth-order valence-electron chi connectivity index (χ4n) is 4.95. The van der Waals surface area contributed by atoms with Gasteiger partial charge in [-0.15, -0.1) is 0 Å². The van der Waals surface area contributed by atoms with Crippen LogP contribution >= 0.6 is 0 Å². The number of nitrogens with zero attached hydrogens (tertiary/aromatic N) is 2. The van der Waals surface area contributed by atoms with Crippen LogP contribution in [-0.2, 0) is 14.8 Å². The molecule has 0 unspecified atom stereocenters. The van der Waals surface area contributed by atoms with Crippen LogP contribution in [0.15, 0.2) is 29.2 Å². The summed E-state index contributed by atoms with van der Waals surface area (Å²) in [5, 5.41) is 0. The van der Waals surface area contributed by atoms with Crippen LogP contribution < -0.4 is 0 Å². The molecule has 7 heteroatoms. The first-order chi connectivity index (χ1) is 12.4. The van der Waals surface area contributed by atoms with Gasteiger partial charge in [-0.05, 0) is 49.1 Å². The first-order valence-corrected chi connectivity index (χ1v) is 10.9. The lowest BCUT2D eigenvalue weighted by atomic mass is 9.86. The molecule has 142 valence electrons. The Hall–Kier alpha value is -1.47. The number of carbonyl (C=O) groups excluding carboxylic acids is 1. The maximum absolute atomic E-state index is 13.9. The number of carbonyl (C=O) groups is 1. The van der Waals surface area contributed by atoms with Crippen LogP contribution in [0.25, 0.3) is 0 Å². The van der Waals surface area contributed by atoms with E-state index >= 15 is 0 Å². The van der Waals surface area contributed by atoms with Gasteiger partial charge in [0.1, 0.15) is 10.7 Å². The molecule has 2 aliphatic carbocycles. The smallest absolute Gasteiger partial charge is 0.246 e. The van der Waals surface area contributed by atoms with Crippen LogP contribution in [0.4, 0.5) is 4.39 Å². The number of piperazine rings is 1. The Morgan fingerprint density at radius 2 is 1.81 bits per heavy atom. The molecule has 0 N–H and O–H groups in total. The summed E-state index contributed by atoms with van der Waals surface area (Å²) in [6.07, 6.45) is 5.64. The average Bonchev–Trinajstić information content (AvgIpc) is 3.25. The van der Waals surface area contributed by atoms with E-state index in [1.807, 2.05) is 0 Å². The molecule has 0 spiro atoms. The zero-order valence-corrected chi connectivity index (χ0v) is 15.6. The molecule has 2 saturated carbocycles. The minimum absolute atomic E-state index is 0.144. The Kier molecular flexibility index (Phi) is 4.77.